The van der Waals surface area contributed by atoms with E-state index in [1.54, 1.807) is 17.0 Å². The van der Waals surface area contributed by atoms with Gasteiger partial charge in [0.2, 0.25) is 0 Å². The zero-order valence-corrected chi connectivity index (χ0v) is 12.0. The molecule has 4 heteroatoms. The van der Waals surface area contributed by atoms with Gasteiger partial charge in [-0.25, -0.2) is 4.39 Å². The number of nitrogens with zero attached hydrogens (tertiary/aromatic N) is 1. The minimum absolute atomic E-state index is 0.184. The van der Waals surface area contributed by atoms with Crippen molar-refractivity contribution in [3.8, 4) is 0 Å². The first-order valence-corrected chi connectivity index (χ1v) is 7.38. The fraction of sp³-hybridized carbons (Fsp3) is 0.500. The first-order valence-electron chi connectivity index (χ1n) is 6.26. The predicted molar refractivity (Wildman–Crippen MR) is 73.6 cm³/mol. The number of carbonyl (C=O) groups is 1. The number of carbonyl (C=O) groups excluding carboxylic acids is 1. The molecule has 2 rings (SSSR count). The monoisotopic (exact) mass is 313 g/mol. The molecule has 98 valence electrons. The third kappa shape index (κ3) is 2.74. The topological polar surface area (TPSA) is 20.3 Å². The van der Waals surface area contributed by atoms with Crippen LogP contribution in [-0.4, -0.2) is 28.7 Å². The summed E-state index contributed by atoms with van der Waals surface area (Å²) in [5.74, 6) is -0.601. The molecule has 1 amide bonds. The van der Waals surface area contributed by atoms with Gasteiger partial charge in [0.15, 0.2) is 0 Å². The number of hydrogen-bond acceptors (Lipinski definition) is 1. The molecule has 0 N–H and O–H groups in total. The van der Waals surface area contributed by atoms with Gasteiger partial charge in [-0.1, -0.05) is 22.0 Å². The van der Waals surface area contributed by atoms with Gasteiger partial charge in [-0.15, -0.1) is 0 Å². The zero-order chi connectivity index (χ0) is 13.1. The number of rotatable bonds is 2. The number of amides is 1. The van der Waals surface area contributed by atoms with Gasteiger partial charge in [0.05, 0.1) is 5.56 Å². The normalized spacial score (nSPS) is 19.9. The lowest BCUT2D eigenvalue weighted by Crippen LogP contribution is -2.44. The van der Waals surface area contributed by atoms with Crippen LogP contribution in [0, 0.1) is 12.7 Å². The number of alkyl halides is 1. The van der Waals surface area contributed by atoms with Crippen LogP contribution in [0.5, 0.6) is 0 Å². The van der Waals surface area contributed by atoms with Crippen molar-refractivity contribution in [3.63, 3.8) is 0 Å². The van der Waals surface area contributed by atoms with E-state index in [0.717, 1.165) is 36.7 Å². The van der Waals surface area contributed by atoms with Crippen molar-refractivity contribution in [1.82, 2.24) is 4.90 Å². The Hall–Kier alpha value is -0.900. The maximum atomic E-state index is 13.8. The predicted octanol–water partition coefficient (Wildman–Crippen LogP) is 3.52. The van der Waals surface area contributed by atoms with E-state index in [9.17, 15) is 9.18 Å². The average molecular weight is 314 g/mol. The Bertz CT molecular complexity index is 449. The van der Waals surface area contributed by atoms with Gasteiger partial charge in [-0.3, -0.25) is 4.79 Å². The maximum Gasteiger partial charge on any atom is 0.257 e. The third-order valence-corrected chi connectivity index (χ3v) is 4.17. The fourth-order valence-electron chi connectivity index (χ4n) is 2.38. The van der Waals surface area contributed by atoms with Crippen LogP contribution < -0.4 is 0 Å². The van der Waals surface area contributed by atoms with E-state index in [-0.39, 0.29) is 17.5 Å². The van der Waals surface area contributed by atoms with Gasteiger partial charge < -0.3 is 4.90 Å². The smallest absolute Gasteiger partial charge is 0.257 e. The van der Waals surface area contributed by atoms with Crippen LogP contribution in [0.4, 0.5) is 4.39 Å². The van der Waals surface area contributed by atoms with Crippen molar-refractivity contribution >= 4 is 21.8 Å². The highest BCUT2D eigenvalue weighted by Gasteiger charge is 2.28. The van der Waals surface area contributed by atoms with E-state index in [1.165, 1.54) is 6.07 Å². The van der Waals surface area contributed by atoms with Crippen molar-refractivity contribution in [2.45, 2.75) is 32.2 Å². The molecule has 0 radical (unpaired) electrons. The first-order chi connectivity index (χ1) is 8.63. The van der Waals surface area contributed by atoms with Crippen molar-refractivity contribution in [1.29, 1.82) is 0 Å². The second kappa shape index (κ2) is 5.83. The molecular formula is C14H17BrFNO. The van der Waals surface area contributed by atoms with Crippen molar-refractivity contribution < 1.29 is 9.18 Å². The molecule has 1 aliphatic rings. The lowest BCUT2D eigenvalue weighted by atomic mass is 10.0. The Morgan fingerprint density at radius 2 is 2.28 bits per heavy atom. The van der Waals surface area contributed by atoms with E-state index in [1.807, 2.05) is 6.92 Å². The summed E-state index contributed by atoms with van der Waals surface area (Å²) >= 11 is 3.43. The van der Waals surface area contributed by atoms with Crippen LogP contribution in [0.15, 0.2) is 18.2 Å². The quantitative estimate of drug-likeness (QED) is 0.765. The van der Waals surface area contributed by atoms with Crippen LogP contribution in [0.3, 0.4) is 0 Å². The van der Waals surface area contributed by atoms with Crippen molar-refractivity contribution in [2.24, 2.45) is 0 Å². The van der Waals surface area contributed by atoms with Crippen LogP contribution in [0.25, 0.3) is 0 Å². The van der Waals surface area contributed by atoms with Gasteiger partial charge in [0, 0.05) is 17.9 Å². The SMILES string of the molecule is Cc1ccc(C(=O)N2CCCCC2CBr)c(F)c1. The average Bonchev–Trinajstić information content (AvgIpc) is 2.38. The molecule has 1 unspecified atom stereocenters. The number of piperidine rings is 1. The molecule has 0 aliphatic carbocycles. The molecule has 0 spiro atoms. The fourth-order valence-corrected chi connectivity index (χ4v) is 3.05. The molecule has 0 saturated carbocycles. The number of aryl methyl sites for hydroxylation is 1. The molecule has 2 nitrogen and oxygen atoms in total. The maximum absolute atomic E-state index is 13.8. The van der Waals surface area contributed by atoms with Crippen LogP contribution in [0.2, 0.25) is 0 Å². The van der Waals surface area contributed by atoms with E-state index < -0.39 is 5.82 Å². The highest BCUT2D eigenvalue weighted by molar-refractivity contribution is 9.09. The highest BCUT2D eigenvalue weighted by Crippen LogP contribution is 2.22. The van der Waals surface area contributed by atoms with Gasteiger partial charge in [0.25, 0.3) is 5.91 Å². The summed E-state index contributed by atoms with van der Waals surface area (Å²) in [6, 6.07) is 4.98. The second-order valence-corrected chi connectivity index (χ2v) is 5.43. The number of likely N-dealkylation sites (tertiary alicyclic amines) is 1. The Morgan fingerprint density at radius 3 is 2.94 bits per heavy atom. The molecule has 1 aromatic rings. The number of halogens is 2. The second-order valence-electron chi connectivity index (χ2n) is 4.79. The van der Waals surface area contributed by atoms with Gasteiger partial charge in [0.1, 0.15) is 5.82 Å². The Kier molecular flexibility index (Phi) is 4.38. The van der Waals surface area contributed by atoms with Gasteiger partial charge in [-0.05, 0) is 43.9 Å². The highest BCUT2D eigenvalue weighted by atomic mass is 79.9. The summed E-state index contributed by atoms with van der Waals surface area (Å²) in [6.45, 7) is 2.54. The Morgan fingerprint density at radius 1 is 1.50 bits per heavy atom. The number of benzene rings is 1. The number of hydrogen-bond donors (Lipinski definition) is 0. The minimum Gasteiger partial charge on any atom is -0.335 e. The summed E-state index contributed by atoms with van der Waals surface area (Å²) in [7, 11) is 0. The van der Waals surface area contributed by atoms with Gasteiger partial charge >= 0.3 is 0 Å². The van der Waals surface area contributed by atoms with Crippen LogP contribution in [-0.2, 0) is 0 Å². The molecule has 1 atom stereocenters. The van der Waals surface area contributed by atoms with Crippen LogP contribution >= 0.6 is 15.9 Å². The summed E-state index contributed by atoms with van der Waals surface area (Å²) in [4.78, 5) is 14.2. The standard InChI is InChI=1S/C14H17BrFNO/c1-10-5-6-12(13(16)8-10)14(18)17-7-3-2-4-11(17)9-15/h5-6,8,11H,2-4,7,9H2,1H3. The molecule has 18 heavy (non-hydrogen) atoms. The van der Waals surface area contributed by atoms with Crippen LogP contribution in [0.1, 0.15) is 35.2 Å². The first kappa shape index (κ1) is 13.5. The molecule has 1 heterocycles. The van der Waals surface area contributed by atoms with E-state index in [4.69, 9.17) is 0 Å². The Labute approximate surface area is 115 Å². The molecule has 1 fully saturated rings. The zero-order valence-electron chi connectivity index (χ0n) is 10.5. The molecule has 1 saturated heterocycles. The molecular weight excluding hydrogens is 297 g/mol. The van der Waals surface area contributed by atoms with Crippen molar-refractivity contribution in [2.75, 3.05) is 11.9 Å². The minimum atomic E-state index is -0.418. The molecule has 0 aromatic heterocycles. The lowest BCUT2D eigenvalue weighted by Gasteiger charge is -2.34. The third-order valence-electron chi connectivity index (χ3n) is 3.42. The van der Waals surface area contributed by atoms with Crippen molar-refractivity contribution in [3.05, 3.63) is 35.1 Å². The Balaban J connectivity index is 2.24. The summed E-state index contributed by atoms with van der Waals surface area (Å²) < 4.78 is 13.8. The summed E-state index contributed by atoms with van der Waals surface area (Å²) in [6.07, 6.45) is 3.13. The van der Waals surface area contributed by atoms with Gasteiger partial charge in [-0.2, -0.15) is 0 Å². The largest absolute Gasteiger partial charge is 0.335 e. The lowest BCUT2D eigenvalue weighted by molar-refractivity contribution is 0.0637. The summed E-state index contributed by atoms with van der Waals surface area (Å²) in [5.41, 5.74) is 1.02. The molecule has 0 bridgehead atoms. The van der Waals surface area contributed by atoms with E-state index >= 15 is 0 Å². The van der Waals surface area contributed by atoms with E-state index in [0.29, 0.717) is 0 Å². The molecule has 1 aliphatic heterocycles. The molecule has 1 aromatic carbocycles. The van der Waals surface area contributed by atoms with E-state index in [2.05, 4.69) is 15.9 Å². The summed E-state index contributed by atoms with van der Waals surface area (Å²) in [5, 5.41) is 0.756.